The summed E-state index contributed by atoms with van der Waals surface area (Å²) >= 11 is 3.24. The molecule has 2 heterocycles. The second-order valence-electron chi connectivity index (χ2n) is 5.71. The molecule has 0 aliphatic carbocycles. The van der Waals surface area contributed by atoms with E-state index >= 15 is 0 Å². The molecule has 2 atom stereocenters. The van der Waals surface area contributed by atoms with Gasteiger partial charge in [0.05, 0.1) is 0 Å². The van der Waals surface area contributed by atoms with Gasteiger partial charge in [-0.1, -0.05) is 15.9 Å². The molecule has 1 amide bonds. The van der Waals surface area contributed by atoms with Gasteiger partial charge in [-0.15, -0.1) is 0 Å². The number of likely N-dealkylation sites (tertiary alicyclic amines) is 1. The number of nitrogens with zero attached hydrogens (tertiary/aromatic N) is 1. The maximum Gasteiger partial charge on any atom is 0.253 e. The Morgan fingerprint density at radius 1 is 1.20 bits per heavy atom. The van der Waals surface area contributed by atoms with Crippen molar-refractivity contribution in [3.8, 4) is 0 Å². The van der Waals surface area contributed by atoms with Crippen molar-refractivity contribution in [2.45, 2.75) is 12.8 Å². The van der Waals surface area contributed by atoms with Gasteiger partial charge in [-0.2, -0.15) is 0 Å². The monoisotopic (exact) mass is 340 g/mol. The summed E-state index contributed by atoms with van der Waals surface area (Å²) in [6.45, 7) is 3.68. The summed E-state index contributed by atoms with van der Waals surface area (Å²) in [6, 6.07) is 4.38. The van der Waals surface area contributed by atoms with Crippen molar-refractivity contribution in [2.75, 3.05) is 26.2 Å². The van der Waals surface area contributed by atoms with Crippen molar-refractivity contribution >= 4 is 21.8 Å². The third-order valence-electron chi connectivity index (χ3n) is 4.42. The standard InChI is InChI=1S/C15H18BrFN2O/c16-13-5-12(6-14(17)7-13)15(20)19-3-1-10-8-18-9-11(10)2-4-19/h5-7,10-11,18H,1-4,8-9H2/t10-,11+. The molecule has 3 rings (SSSR count). The van der Waals surface area contributed by atoms with Crippen LogP contribution in [0.15, 0.2) is 22.7 Å². The molecule has 108 valence electrons. The molecule has 0 aromatic heterocycles. The van der Waals surface area contributed by atoms with E-state index in [-0.39, 0.29) is 11.7 Å². The number of halogens is 2. The first kappa shape index (κ1) is 14.0. The Morgan fingerprint density at radius 3 is 2.45 bits per heavy atom. The highest BCUT2D eigenvalue weighted by Crippen LogP contribution is 2.28. The van der Waals surface area contributed by atoms with E-state index in [9.17, 15) is 9.18 Å². The fourth-order valence-corrected chi connectivity index (χ4v) is 3.75. The second-order valence-corrected chi connectivity index (χ2v) is 6.62. The maximum absolute atomic E-state index is 13.4. The fraction of sp³-hybridized carbons (Fsp3) is 0.533. The number of carbonyl (C=O) groups is 1. The van der Waals surface area contributed by atoms with Gasteiger partial charge < -0.3 is 10.2 Å². The van der Waals surface area contributed by atoms with Gasteiger partial charge in [0.1, 0.15) is 5.82 Å². The lowest BCUT2D eigenvalue weighted by Gasteiger charge is -2.21. The highest BCUT2D eigenvalue weighted by Gasteiger charge is 2.31. The Bertz CT molecular complexity index is 488. The zero-order valence-electron chi connectivity index (χ0n) is 11.2. The van der Waals surface area contributed by atoms with Crippen LogP contribution in [-0.2, 0) is 0 Å². The Kier molecular flexibility index (Phi) is 4.08. The van der Waals surface area contributed by atoms with Crippen LogP contribution >= 0.6 is 15.9 Å². The summed E-state index contributed by atoms with van der Waals surface area (Å²) in [7, 11) is 0. The van der Waals surface area contributed by atoms with Crippen LogP contribution in [0.3, 0.4) is 0 Å². The van der Waals surface area contributed by atoms with Gasteiger partial charge in [0.25, 0.3) is 5.91 Å². The minimum absolute atomic E-state index is 0.0573. The SMILES string of the molecule is O=C(c1cc(F)cc(Br)c1)N1CC[C@@H]2CNC[C@@H]2CC1. The molecular weight excluding hydrogens is 323 g/mol. The minimum atomic E-state index is -0.376. The molecule has 20 heavy (non-hydrogen) atoms. The number of hydrogen-bond acceptors (Lipinski definition) is 2. The van der Waals surface area contributed by atoms with Crippen LogP contribution in [0.4, 0.5) is 4.39 Å². The summed E-state index contributed by atoms with van der Waals surface area (Å²) in [5.74, 6) is 0.941. The lowest BCUT2D eigenvalue weighted by molar-refractivity contribution is 0.0758. The molecule has 2 saturated heterocycles. The molecule has 3 nitrogen and oxygen atoms in total. The summed E-state index contributed by atoms with van der Waals surface area (Å²) < 4.78 is 14.0. The number of benzene rings is 1. The average Bonchev–Trinajstić information content (AvgIpc) is 2.76. The zero-order valence-corrected chi connectivity index (χ0v) is 12.8. The first-order valence-electron chi connectivity index (χ1n) is 7.09. The van der Waals surface area contributed by atoms with Crippen molar-refractivity contribution in [1.29, 1.82) is 0 Å². The van der Waals surface area contributed by atoms with Crippen LogP contribution in [-0.4, -0.2) is 37.0 Å². The van der Waals surface area contributed by atoms with Gasteiger partial charge in [0.15, 0.2) is 0 Å². The van der Waals surface area contributed by atoms with Crippen molar-refractivity contribution in [2.24, 2.45) is 11.8 Å². The Labute approximate surface area is 126 Å². The number of rotatable bonds is 1. The molecule has 2 aliphatic heterocycles. The first-order valence-corrected chi connectivity index (χ1v) is 7.89. The quantitative estimate of drug-likeness (QED) is 0.852. The Morgan fingerprint density at radius 2 is 1.85 bits per heavy atom. The van der Waals surface area contributed by atoms with Crippen LogP contribution in [0.2, 0.25) is 0 Å². The molecular formula is C15H18BrFN2O. The normalized spacial score (nSPS) is 26.2. The predicted molar refractivity (Wildman–Crippen MR) is 79.1 cm³/mol. The molecule has 0 unspecified atom stereocenters. The molecule has 0 saturated carbocycles. The maximum atomic E-state index is 13.4. The highest BCUT2D eigenvalue weighted by molar-refractivity contribution is 9.10. The summed E-state index contributed by atoms with van der Waals surface area (Å²) in [5.41, 5.74) is 0.432. The lowest BCUT2D eigenvalue weighted by Crippen LogP contribution is -2.32. The van der Waals surface area contributed by atoms with Gasteiger partial charge >= 0.3 is 0 Å². The number of carbonyl (C=O) groups excluding carboxylic acids is 1. The Hall–Kier alpha value is -0.940. The topological polar surface area (TPSA) is 32.3 Å². The van der Waals surface area contributed by atoms with Crippen LogP contribution in [0.1, 0.15) is 23.2 Å². The third-order valence-corrected chi connectivity index (χ3v) is 4.87. The van der Waals surface area contributed by atoms with Crippen molar-refractivity contribution in [3.63, 3.8) is 0 Å². The van der Waals surface area contributed by atoms with Crippen LogP contribution in [0.25, 0.3) is 0 Å². The number of nitrogens with one attached hydrogen (secondary N) is 1. The van der Waals surface area contributed by atoms with E-state index in [1.54, 1.807) is 6.07 Å². The smallest absolute Gasteiger partial charge is 0.253 e. The highest BCUT2D eigenvalue weighted by atomic mass is 79.9. The van der Waals surface area contributed by atoms with Crippen molar-refractivity contribution < 1.29 is 9.18 Å². The van der Waals surface area contributed by atoms with Crippen molar-refractivity contribution in [1.82, 2.24) is 10.2 Å². The van der Waals surface area contributed by atoms with E-state index < -0.39 is 0 Å². The van der Waals surface area contributed by atoms with E-state index in [0.717, 1.165) is 39.0 Å². The third kappa shape index (κ3) is 2.88. The molecule has 1 N–H and O–H groups in total. The molecule has 2 fully saturated rings. The summed E-state index contributed by atoms with van der Waals surface area (Å²) in [5, 5.41) is 3.42. The van der Waals surface area contributed by atoms with Gasteiger partial charge in [0.2, 0.25) is 0 Å². The Balaban J connectivity index is 1.73. The predicted octanol–water partition coefficient (Wildman–Crippen LogP) is 2.66. The number of hydrogen-bond donors (Lipinski definition) is 1. The average molecular weight is 341 g/mol. The molecule has 5 heteroatoms. The first-order chi connectivity index (χ1) is 9.63. The van der Waals surface area contributed by atoms with Crippen LogP contribution < -0.4 is 5.32 Å². The lowest BCUT2D eigenvalue weighted by atomic mass is 9.92. The number of amides is 1. The summed E-state index contributed by atoms with van der Waals surface area (Å²) in [4.78, 5) is 14.4. The molecule has 0 spiro atoms. The number of fused-ring (bicyclic) bond motifs is 1. The van der Waals surface area contributed by atoms with E-state index in [0.29, 0.717) is 21.9 Å². The molecule has 0 bridgehead atoms. The van der Waals surface area contributed by atoms with Gasteiger partial charge in [-0.25, -0.2) is 4.39 Å². The molecule has 1 aromatic carbocycles. The van der Waals surface area contributed by atoms with E-state index in [2.05, 4.69) is 21.2 Å². The van der Waals surface area contributed by atoms with Gasteiger partial charge in [0, 0.05) is 23.1 Å². The minimum Gasteiger partial charge on any atom is -0.339 e. The van der Waals surface area contributed by atoms with Crippen LogP contribution in [0, 0.1) is 17.7 Å². The molecule has 0 radical (unpaired) electrons. The van der Waals surface area contributed by atoms with Crippen molar-refractivity contribution in [3.05, 3.63) is 34.1 Å². The van der Waals surface area contributed by atoms with Gasteiger partial charge in [-0.3, -0.25) is 4.79 Å². The fourth-order valence-electron chi connectivity index (χ4n) is 3.28. The summed E-state index contributed by atoms with van der Waals surface area (Å²) in [6.07, 6.45) is 2.08. The second kappa shape index (κ2) is 5.82. The molecule has 2 aliphatic rings. The van der Waals surface area contributed by atoms with Gasteiger partial charge in [-0.05, 0) is 56.0 Å². The van der Waals surface area contributed by atoms with Crippen LogP contribution in [0.5, 0.6) is 0 Å². The largest absolute Gasteiger partial charge is 0.339 e. The van der Waals surface area contributed by atoms with E-state index in [4.69, 9.17) is 0 Å². The van der Waals surface area contributed by atoms with E-state index in [1.807, 2.05) is 4.90 Å². The zero-order chi connectivity index (χ0) is 14.1. The molecule has 1 aromatic rings. The van der Waals surface area contributed by atoms with E-state index in [1.165, 1.54) is 12.1 Å².